The Balaban J connectivity index is 0.00000484. The predicted molar refractivity (Wildman–Crippen MR) is 107 cm³/mol. The van der Waals surface area contributed by atoms with E-state index in [2.05, 4.69) is 52.1 Å². The van der Waals surface area contributed by atoms with Gasteiger partial charge in [-0.3, -0.25) is 0 Å². The molecule has 1 aromatic rings. The van der Waals surface area contributed by atoms with Crippen LogP contribution in [0.25, 0.3) is 0 Å². The molecule has 0 spiro atoms. The van der Waals surface area contributed by atoms with E-state index in [4.69, 9.17) is 0 Å². The summed E-state index contributed by atoms with van der Waals surface area (Å²) >= 11 is 4.53. The van der Waals surface area contributed by atoms with Crippen LogP contribution in [0.1, 0.15) is 63.9 Å². The maximum atomic E-state index is 11.4. The molecule has 0 heterocycles. The molecule has 126 valence electrons. The van der Waals surface area contributed by atoms with Gasteiger partial charge in [0.1, 0.15) is 10.1 Å². The molecule has 23 heavy (non-hydrogen) atoms. The second kappa shape index (κ2) is 12.6. The molecule has 0 bridgehead atoms. The molecule has 0 aliphatic heterocycles. The van der Waals surface area contributed by atoms with E-state index in [-0.39, 0.29) is 57.7 Å². The summed E-state index contributed by atoms with van der Waals surface area (Å²) in [5.41, 5.74) is 0.622. The van der Waals surface area contributed by atoms with Crippen molar-refractivity contribution in [2.45, 2.75) is 64.6 Å². The van der Waals surface area contributed by atoms with E-state index in [0.717, 1.165) is 19.3 Å². The maximum Gasteiger partial charge on any atom is 1.00 e. The topological polar surface area (TPSA) is 57.2 Å². The Labute approximate surface area is 210 Å². The first kappa shape index (κ1) is 25.2. The summed E-state index contributed by atoms with van der Waals surface area (Å²) < 4.78 is 33.9. The van der Waals surface area contributed by atoms with Gasteiger partial charge >= 0.3 is 51.4 Å². The number of alkyl halides is 2. The van der Waals surface area contributed by atoms with Gasteiger partial charge in [-0.05, 0) is 18.1 Å². The average Bonchev–Trinajstić information content (AvgIpc) is 2.45. The van der Waals surface area contributed by atoms with Crippen molar-refractivity contribution < 1.29 is 64.4 Å². The quantitative estimate of drug-likeness (QED) is 0.139. The molecule has 0 aliphatic rings. The molecular weight excluding hydrogens is 565 g/mol. The molecule has 0 unspecified atom stereocenters. The van der Waals surface area contributed by atoms with E-state index in [9.17, 15) is 13.0 Å². The molecule has 1 aromatic carbocycles. The van der Waals surface area contributed by atoms with Crippen LogP contribution < -0.4 is 51.4 Å². The van der Waals surface area contributed by atoms with Crippen LogP contribution in [0.15, 0.2) is 29.2 Å². The largest absolute Gasteiger partial charge is 1.00 e. The van der Waals surface area contributed by atoms with Gasteiger partial charge in [-0.15, -0.1) is 0 Å². The predicted octanol–water partition coefficient (Wildman–Crippen LogP) is 2.76. The van der Waals surface area contributed by atoms with E-state index >= 15 is 0 Å². The van der Waals surface area contributed by atoms with Gasteiger partial charge in [-0.25, -0.2) is 8.42 Å². The molecular formula is C16H23I2KO3S. The van der Waals surface area contributed by atoms with Crippen LogP contribution in [0.3, 0.4) is 0 Å². The van der Waals surface area contributed by atoms with Crippen LogP contribution >= 0.6 is 45.2 Å². The van der Waals surface area contributed by atoms with Crippen molar-refractivity contribution in [2.75, 3.05) is 0 Å². The van der Waals surface area contributed by atoms with Gasteiger partial charge in [0, 0.05) is 0 Å². The Morgan fingerprint density at radius 1 is 1.00 bits per heavy atom. The van der Waals surface area contributed by atoms with Crippen LogP contribution in [0.5, 0.6) is 0 Å². The van der Waals surface area contributed by atoms with Crippen molar-refractivity contribution in [3.05, 3.63) is 29.8 Å². The summed E-state index contributed by atoms with van der Waals surface area (Å²) in [5, 5.41) is 0. The summed E-state index contributed by atoms with van der Waals surface area (Å²) in [6, 6.07) is 6.56. The van der Waals surface area contributed by atoms with Crippen molar-refractivity contribution in [2.24, 2.45) is 0 Å². The second-order valence-electron chi connectivity index (χ2n) is 5.53. The first-order valence-corrected chi connectivity index (χ1v) is 11.3. The first-order valence-electron chi connectivity index (χ1n) is 7.72. The van der Waals surface area contributed by atoms with Gasteiger partial charge in [-0.2, -0.15) is 0 Å². The zero-order chi connectivity index (χ0) is 16.6. The SMILES string of the molecule is CCCCCCCCCC(I)(I)c1ccccc1S(=O)(=O)[O-].[K+]. The Morgan fingerprint density at radius 3 is 2.09 bits per heavy atom. The van der Waals surface area contributed by atoms with Gasteiger partial charge in [-0.1, -0.05) is 115 Å². The summed E-state index contributed by atoms with van der Waals surface area (Å²) in [7, 11) is -4.42. The molecule has 0 aromatic heterocycles. The molecule has 0 atom stereocenters. The Kier molecular flexibility index (Phi) is 13.8. The minimum absolute atomic E-state index is 0. The van der Waals surface area contributed by atoms with Gasteiger partial charge in [0.25, 0.3) is 0 Å². The van der Waals surface area contributed by atoms with E-state index in [1.54, 1.807) is 18.2 Å². The van der Waals surface area contributed by atoms with Crippen LogP contribution in [0.2, 0.25) is 0 Å². The summed E-state index contributed by atoms with van der Waals surface area (Å²) in [6.07, 6.45) is 9.43. The van der Waals surface area contributed by atoms with Gasteiger partial charge in [0.2, 0.25) is 0 Å². The first-order chi connectivity index (χ1) is 10.3. The number of hydrogen-bond donors (Lipinski definition) is 0. The van der Waals surface area contributed by atoms with Crippen molar-refractivity contribution in [1.29, 1.82) is 0 Å². The van der Waals surface area contributed by atoms with Crippen LogP contribution in [-0.2, 0) is 11.5 Å². The smallest absolute Gasteiger partial charge is 0.744 e. The normalized spacial score (nSPS) is 12.0. The molecule has 3 nitrogen and oxygen atoms in total. The fourth-order valence-corrected chi connectivity index (χ4v) is 5.25. The zero-order valence-corrected chi connectivity index (χ0v) is 22.1. The molecule has 0 saturated carbocycles. The van der Waals surface area contributed by atoms with E-state index in [1.165, 1.54) is 38.2 Å². The zero-order valence-electron chi connectivity index (χ0n) is 13.9. The molecule has 0 radical (unpaired) electrons. The molecule has 0 N–H and O–H groups in total. The summed E-state index contributed by atoms with van der Waals surface area (Å²) in [4.78, 5) is -0.0817. The average molecular weight is 588 g/mol. The van der Waals surface area contributed by atoms with Crippen LogP contribution in [-0.4, -0.2) is 13.0 Å². The number of unbranched alkanes of at least 4 members (excludes halogenated alkanes) is 6. The van der Waals surface area contributed by atoms with E-state index in [0.29, 0.717) is 5.56 Å². The van der Waals surface area contributed by atoms with Crippen molar-refractivity contribution >= 4 is 55.3 Å². The molecule has 0 amide bonds. The van der Waals surface area contributed by atoms with Gasteiger partial charge < -0.3 is 4.55 Å². The number of halogens is 2. The number of hydrogen-bond acceptors (Lipinski definition) is 3. The Morgan fingerprint density at radius 2 is 1.52 bits per heavy atom. The van der Waals surface area contributed by atoms with Gasteiger partial charge in [0.05, 0.1) is 6.32 Å². The molecule has 0 aliphatic carbocycles. The van der Waals surface area contributed by atoms with Crippen molar-refractivity contribution in [3.8, 4) is 0 Å². The third-order valence-electron chi connectivity index (χ3n) is 3.64. The van der Waals surface area contributed by atoms with Crippen molar-refractivity contribution in [1.82, 2.24) is 0 Å². The van der Waals surface area contributed by atoms with Crippen LogP contribution in [0, 0.1) is 0 Å². The van der Waals surface area contributed by atoms with Crippen molar-refractivity contribution in [3.63, 3.8) is 0 Å². The van der Waals surface area contributed by atoms with E-state index in [1.807, 2.05) is 0 Å². The summed E-state index contributed by atoms with van der Waals surface area (Å²) in [5.74, 6) is 0. The fraction of sp³-hybridized carbons (Fsp3) is 0.625. The fourth-order valence-electron chi connectivity index (χ4n) is 2.43. The van der Waals surface area contributed by atoms with Crippen LogP contribution in [0.4, 0.5) is 0 Å². The number of benzene rings is 1. The monoisotopic (exact) mass is 588 g/mol. The third kappa shape index (κ3) is 9.64. The molecule has 7 heteroatoms. The standard InChI is InChI=1S/C16H24I2O3S.K/c1-2-3-4-5-6-7-10-13-16(17,18)14-11-8-9-12-15(14)22(19,20)21;/h8-9,11-12H,2-7,10,13H2,1H3,(H,19,20,21);/q;+1/p-1. The molecule has 1 rings (SSSR count). The minimum Gasteiger partial charge on any atom is -0.744 e. The summed E-state index contributed by atoms with van der Waals surface area (Å²) in [6.45, 7) is 2.21. The van der Waals surface area contributed by atoms with E-state index < -0.39 is 10.1 Å². The number of rotatable bonds is 10. The Hall–Kier alpha value is 2.23. The molecule has 0 fully saturated rings. The second-order valence-corrected chi connectivity index (χ2v) is 12.6. The van der Waals surface area contributed by atoms with Gasteiger partial charge in [0.15, 0.2) is 0 Å². The third-order valence-corrected chi connectivity index (χ3v) is 6.78. The maximum absolute atomic E-state index is 11.4. The molecule has 0 saturated heterocycles. The Bertz CT molecular complexity index is 562. The minimum atomic E-state index is -4.42.